The minimum absolute atomic E-state index is 0.290. The third-order valence-electron chi connectivity index (χ3n) is 3.44. The van der Waals surface area contributed by atoms with Crippen molar-refractivity contribution < 1.29 is 18.3 Å². The molecule has 0 radical (unpaired) electrons. The van der Waals surface area contributed by atoms with E-state index in [9.17, 15) is 8.78 Å². The fourth-order valence-electron chi connectivity index (χ4n) is 2.26. The maximum atomic E-state index is 13.1. The number of hydrogen-bond acceptors (Lipinski definition) is 2. The van der Waals surface area contributed by atoms with Crippen molar-refractivity contribution in [1.82, 2.24) is 0 Å². The van der Waals surface area contributed by atoms with Crippen LogP contribution in [0.1, 0.15) is 31.1 Å². The van der Waals surface area contributed by atoms with E-state index in [1.54, 1.807) is 36.4 Å². The molecule has 0 aliphatic heterocycles. The molecular weight excluding hydrogens is 322 g/mol. The lowest BCUT2D eigenvalue weighted by Gasteiger charge is -2.10. The maximum Gasteiger partial charge on any atom is 0.271 e. The molecule has 0 bridgehead atoms. The van der Waals surface area contributed by atoms with E-state index in [0.717, 1.165) is 11.1 Å². The Morgan fingerprint density at radius 1 is 0.960 bits per heavy atom. The molecule has 1 atom stereocenters. The molecule has 0 spiro atoms. The van der Waals surface area contributed by atoms with Gasteiger partial charge in [-0.1, -0.05) is 12.1 Å². The number of halogens is 2. The summed E-state index contributed by atoms with van der Waals surface area (Å²) >= 11 is 0. The van der Waals surface area contributed by atoms with Gasteiger partial charge in [-0.3, -0.25) is 0 Å². The van der Waals surface area contributed by atoms with E-state index >= 15 is 0 Å². The maximum absolute atomic E-state index is 13.1. The molecule has 130 valence electrons. The van der Waals surface area contributed by atoms with Crippen molar-refractivity contribution in [2.24, 2.45) is 0 Å². The molecule has 1 unspecified atom stereocenters. The smallest absolute Gasteiger partial charge is 0.271 e. The summed E-state index contributed by atoms with van der Waals surface area (Å²) in [6.07, 6.45) is 6.16. The third-order valence-corrected chi connectivity index (χ3v) is 3.44. The van der Waals surface area contributed by atoms with Gasteiger partial charge in [0, 0.05) is 6.61 Å². The van der Waals surface area contributed by atoms with Gasteiger partial charge in [0.15, 0.2) is 0 Å². The monoisotopic (exact) mass is 343 g/mol. The highest BCUT2D eigenvalue weighted by Crippen LogP contribution is 2.21. The van der Waals surface area contributed by atoms with Crippen molar-refractivity contribution in [3.63, 3.8) is 0 Å². The van der Waals surface area contributed by atoms with E-state index in [4.69, 9.17) is 9.47 Å². The number of ether oxygens (including phenoxy) is 2. The van der Waals surface area contributed by atoms with Gasteiger partial charge < -0.3 is 9.47 Å². The van der Waals surface area contributed by atoms with E-state index in [1.165, 1.54) is 24.3 Å². The summed E-state index contributed by atoms with van der Waals surface area (Å²) in [4.78, 5) is 0. The molecule has 0 aliphatic carbocycles. The summed E-state index contributed by atoms with van der Waals surface area (Å²) in [5, 5.41) is 0. The quantitative estimate of drug-likeness (QED) is 0.359. The zero-order valence-corrected chi connectivity index (χ0v) is 14.3. The van der Waals surface area contributed by atoms with Crippen molar-refractivity contribution in [2.75, 3.05) is 13.2 Å². The molecular formula is C21H21F2O2+. The largest absolute Gasteiger partial charge is 0.406 e. The first kappa shape index (κ1) is 18.8. The Kier molecular flexibility index (Phi) is 7.27. The van der Waals surface area contributed by atoms with Gasteiger partial charge in [0.25, 0.3) is 5.76 Å². The van der Waals surface area contributed by atoms with Crippen LogP contribution in [-0.4, -0.2) is 13.2 Å². The SMILES string of the molecule is CCO/C(=C\[C+]=CC(OCC)c1ccc(F)cc1)c1ccc(F)cc1. The molecule has 0 saturated heterocycles. The van der Waals surface area contributed by atoms with Crippen molar-refractivity contribution in [3.05, 3.63) is 89.5 Å². The van der Waals surface area contributed by atoms with Crippen LogP contribution in [0.15, 0.2) is 60.7 Å². The fraction of sp³-hybridized carbons (Fsp3) is 0.238. The Hall–Kier alpha value is -2.55. The van der Waals surface area contributed by atoms with Crippen LogP contribution in [0.25, 0.3) is 5.76 Å². The van der Waals surface area contributed by atoms with E-state index in [0.29, 0.717) is 19.0 Å². The van der Waals surface area contributed by atoms with Gasteiger partial charge in [0.1, 0.15) is 29.9 Å². The van der Waals surface area contributed by atoms with Gasteiger partial charge in [-0.2, -0.15) is 0 Å². The lowest BCUT2D eigenvalue weighted by Crippen LogP contribution is -2.01. The lowest BCUT2D eigenvalue weighted by atomic mass is 10.1. The van der Waals surface area contributed by atoms with Crippen LogP contribution in [0, 0.1) is 17.7 Å². The lowest BCUT2D eigenvalue weighted by molar-refractivity contribution is 0.0965. The average molecular weight is 343 g/mol. The molecule has 0 aliphatic rings. The van der Waals surface area contributed by atoms with Gasteiger partial charge >= 0.3 is 0 Å². The van der Waals surface area contributed by atoms with Gasteiger partial charge in [0.2, 0.25) is 6.08 Å². The summed E-state index contributed by atoms with van der Waals surface area (Å²) in [6, 6.07) is 12.2. The molecule has 25 heavy (non-hydrogen) atoms. The molecule has 0 amide bonds. The van der Waals surface area contributed by atoms with E-state index < -0.39 is 0 Å². The predicted molar refractivity (Wildman–Crippen MR) is 94.6 cm³/mol. The average Bonchev–Trinajstić information content (AvgIpc) is 2.62. The Morgan fingerprint density at radius 2 is 1.56 bits per heavy atom. The van der Waals surface area contributed by atoms with Gasteiger partial charge in [0.05, 0.1) is 12.2 Å². The summed E-state index contributed by atoms with van der Waals surface area (Å²) in [5.74, 6) is 0.00161. The van der Waals surface area contributed by atoms with Crippen LogP contribution < -0.4 is 0 Å². The fourth-order valence-corrected chi connectivity index (χ4v) is 2.26. The summed E-state index contributed by atoms with van der Waals surface area (Å²) in [7, 11) is 0. The highest BCUT2D eigenvalue weighted by Gasteiger charge is 2.13. The first-order valence-corrected chi connectivity index (χ1v) is 8.19. The highest BCUT2D eigenvalue weighted by atomic mass is 19.1. The van der Waals surface area contributed by atoms with Crippen molar-refractivity contribution in [3.8, 4) is 0 Å². The Labute approximate surface area is 147 Å². The molecule has 0 N–H and O–H groups in total. The Balaban J connectivity index is 2.20. The Bertz CT molecular complexity index is 704. The van der Waals surface area contributed by atoms with Gasteiger partial charge in [-0.15, -0.1) is 0 Å². The van der Waals surface area contributed by atoms with Crippen LogP contribution in [0.4, 0.5) is 8.78 Å². The number of benzene rings is 2. The zero-order chi connectivity index (χ0) is 18.1. The van der Waals surface area contributed by atoms with Crippen LogP contribution in [-0.2, 0) is 9.47 Å². The van der Waals surface area contributed by atoms with E-state index in [1.807, 2.05) is 13.8 Å². The first-order chi connectivity index (χ1) is 12.1. The second-order valence-electron chi connectivity index (χ2n) is 5.21. The molecule has 2 rings (SSSR count). The molecule has 0 saturated carbocycles. The molecule has 0 heterocycles. The highest BCUT2D eigenvalue weighted by molar-refractivity contribution is 5.60. The molecule has 2 aromatic rings. The Morgan fingerprint density at radius 3 is 2.12 bits per heavy atom. The number of hydrogen-bond donors (Lipinski definition) is 0. The van der Waals surface area contributed by atoms with Crippen LogP contribution >= 0.6 is 0 Å². The summed E-state index contributed by atoms with van der Waals surface area (Å²) in [6.45, 7) is 4.77. The number of allylic oxidation sites excluding steroid dienone is 2. The topological polar surface area (TPSA) is 18.5 Å². The molecule has 4 heteroatoms. The summed E-state index contributed by atoms with van der Waals surface area (Å²) < 4.78 is 37.4. The third kappa shape index (κ3) is 5.79. The minimum atomic E-state index is -0.335. The first-order valence-electron chi connectivity index (χ1n) is 8.19. The van der Waals surface area contributed by atoms with Crippen molar-refractivity contribution in [2.45, 2.75) is 20.0 Å². The normalized spacial score (nSPS) is 12.9. The van der Waals surface area contributed by atoms with Crippen molar-refractivity contribution >= 4 is 5.76 Å². The second kappa shape index (κ2) is 9.67. The molecule has 0 aromatic heterocycles. The zero-order valence-electron chi connectivity index (χ0n) is 14.3. The predicted octanol–water partition coefficient (Wildman–Crippen LogP) is 5.48. The number of rotatable bonds is 8. The van der Waals surface area contributed by atoms with Gasteiger partial charge in [-0.25, -0.2) is 8.78 Å². The van der Waals surface area contributed by atoms with E-state index in [-0.39, 0.29) is 17.7 Å². The van der Waals surface area contributed by atoms with Crippen molar-refractivity contribution in [1.29, 1.82) is 0 Å². The van der Waals surface area contributed by atoms with Gasteiger partial charge in [-0.05, 0) is 55.8 Å². The minimum Gasteiger partial charge on any atom is -0.406 e. The van der Waals surface area contributed by atoms with Crippen LogP contribution in [0.2, 0.25) is 0 Å². The van der Waals surface area contributed by atoms with Crippen LogP contribution in [0.5, 0.6) is 0 Å². The molecule has 2 aromatic carbocycles. The molecule has 0 fully saturated rings. The molecule has 2 nitrogen and oxygen atoms in total. The summed E-state index contributed by atoms with van der Waals surface area (Å²) in [5.41, 5.74) is 1.60. The van der Waals surface area contributed by atoms with Crippen LogP contribution in [0.3, 0.4) is 0 Å². The standard InChI is InChI=1S/C21H21F2O2/c1-3-24-20(16-8-12-18(22)13-9-16)6-5-7-21(25-4-2)17-10-14-19(23)15-11-17/h6-15,20H,3-4H2,1-2H3/q+1/b21-7-. The van der Waals surface area contributed by atoms with E-state index in [2.05, 4.69) is 6.08 Å². The second-order valence-corrected chi connectivity index (χ2v) is 5.21.